The molecule has 0 saturated carbocycles. The highest BCUT2D eigenvalue weighted by molar-refractivity contribution is 5.78. The number of hydrogen-bond donors (Lipinski definition) is 0. The first kappa shape index (κ1) is 13.2. The predicted molar refractivity (Wildman–Crippen MR) is 60.0 cm³/mol. The lowest BCUT2D eigenvalue weighted by molar-refractivity contribution is -0.137. The minimum Gasteiger partial charge on any atom is -0.298 e. The summed E-state index contributed by atoms with van der Waals surface area (Å²) < 4.78 is 50.6. The van der Waals surface area contributed by atoms with Crippen LogP contribution in [0, 0.1) is 5.82 Å². The molecule has 2 rings (SSSR count). The highest BCUT2D eigenvalue weighted by Crippen LogP contribution is 2.30. The molecule has 0 radical (unpaired) electrons. The molecule has 0 N–H and O–H groups in total. The molecule has 2 nitrogen and oxygen atoms in total. The zero-order chi connectivity index (χ0) is 14.0. The fraction of sp³-hybridized carbons (Fsp3) is 0.0769. The van der Waals surface area contributed by atoms with Gasteiger partial charge in [-0.15, -0.1) is 0 Å². The van der Waals surface area contributed by atoms with Crippen molar-refractivity contribution in [3.63, 3.8) is 0 Å². The van der Waals surface area contributed by atoms with Gasteiger partial charge in [-0.3, -0.25) is 9.78 Å². The van der Waals surface area contributed by atoms with Crippen LogP contribution in [0.2, 0.25) is 0 Å². The molecule has 19 heavy (non-hydrogen) atoms. The second-order valence-electron chi connectivity index (χ2n) is 3.79. The van der Waals surface area contributed by atoms with E-state index in [-0.39, 0.29) is 16.8 Å². The number of nitrogens with zero attached hydrogens (tertiary/aromatic N) is 1. The largest absolute Gasteiger partial charge is 0.417 e. The number of pyridine rings is 1. The van der Waals surface area contributed by atoms with Crippen molar-refractivity contribution in [1.82, 2.24) is 4.98 Å². The van der Waals surface area contributed by atoms with Gasteiger partial charge in [0.25, 0.3) is 0 Å². The normalized spacial score (nSPS) is 11.4. The lowest BCUT2D eigenvalue weighted by Crippen LogP contribution is -2.05. The highest BCUT2D eigenvalue weighted by atomic mass is 19.4. The van der Waals surface area contributed by atoms with Crippen LogP contribution in [0.1, 0.15) is 15.9 Å². The van der Waals surface area contributed by atoms with Gasteiger partial charge in [0, 0.05) is 17.3 Å². The van der Waals surface area contributed by atoms with E-state index in [4.69, 9.17) is 0 Å². The Morgan fingerprint density at radius 1 is 1.11 bits per heavy atom. The van der Waals surface area contributed by atoms with Crippen LogP contribution in [0.15, 0.2) is 36.5 Å². The van der Waals surface area contributed by atoms with E-state index in [1.807, 2.05) is 0 Å². The number of aromatic nitrogens is 1. The van der Waals surface area contributed by atoms with Crippen LogP contribution in [-0.4, -0.2) is 11.3 Å². The van der Waals surface area contributed by atoms with Gasteiger partial charge < -0.3 is 0 Å². The highest BCUT2D eigenvalue weighted by Gasteiger charge is 2.30. The first-order valence-electron chi connectivity index (χ1n) is 5.20. The fourth-order valence-electron chi connectivity index (χ4n) is 1.53. The molecule has 0 aliphatic carbocycles. The third-order valence-electron chi connectivity index (χ3n) is 2.49. The Kier molecular flexibility index (Phi) is 3.33. The summed E-state index contributed by atoms with van der Waals surface area (Å²) in [5.41, 5.74) is -0.672. The predicted octanol–water partition coefficient (Wildman–Crippen LogP) is 3.72. The number of halogens is 4. The molecule has 1 aromatic carbocycles. The maximum absolute atomic E-state index is 13.5. The van der Waals surface area contributed by atoms with Crippen LogP contribution in [-0.2, 0) is 6.18 Å². The number of carbonyl (C=O) groups excluding carboxylic acids is 1. The molecule has 0 spiro atoms. The number of aldehydes is 1. The van der Waals surface area contributed by atoms with Crippen molar-refractivity contribution in [3.8, 4) is 11.3 Å². The molecule has 0 atom stereocenters. The van der Waals surface area contributed by atoms with Crippen molar-refractivity contribution in [2.45, 2.75) is 6.18 Å². The van der Waals surface area contributed by atoms with E-state index in [9.17, 15) is 22.4 Å². The van der Waals surface area contributed by atoms with Gasteiger partial charge in [-0.05, 0) is 30.3 Å². The van der Waals surface area contributed by atoms with Crippen molar-refractivity contribution in [2.24, 2.45) is 0 Å². The molecular weight excluding hydrogens is 262 g/mol. The molecule has 98 valence electrons. The molecule has 1 heterocycles. The van der Waals surface area contributed by atoms with Crippen LogP contribution >= 0.6 is 0 Å². The van der Waals surface area contributed by atoms with Gasteiger partial charge in [-0.25, -0.2) is 4.39 Å². The SMILES string of the molecule is O=Cc1ccc(F)c(-c2ccc(C(F)(F)F)cn2)c1. The Bertz CT molecular complexity index is 605. The third-order valence-corrected chi connectivity index (χ3v) is 2.49. The molecule has 2 aromatic rings. The number of benzene rings is 1. The zero-order valence-corrected chi connectivity index (χ0v) is 9.41. The lowest BCUT2D eigenvalue weighted by atomic mass is 10.1. The van der Waals surface area contributed by atoms with Crippen molar-refractivity contribution in [3.05, 3.63) is 53.5 Å². The van der Waals surface area contributed by atoms with Crippen molar-refractivity contribution >= 4 is 6.29 Å². The van der Waals surface area contributed by atoms with Gasteiger partial charge in [0.2, 0.25) is 0 Å². The summed E-state index contributed by atoms with van der Waals surface area (Å²) in [5.74, 6) is -0.655. The van der Waals surface area contributed by atoms with Gasteiger partial charge in [-0.1, -0.05) is 0 Å². The van der Waals surface area contributed by atoms with E-state index in [1.54, 1.807) is 0 Å². The average Bonchev–Trinajstić information content (AvgIpc) is 2.38. The second-order valence-corrected chi connectivity index (χ2v) is 3.79. The summed E-state index contributed by atoms with van der Waals surface area (Å²) >= 11 is 0. The van der Waals surface area contributed by atoms with E-state index in [0.717, 1.165) is 18.2 Å². The van der Waals surface area contributed by atoms with Crippen LogP contribution in [0.5, 0.6) is 0 Å². The smallest absolute Gasteiger partial charge is 0.298 e. The van der Waals surface area contributed by atoms with Crippen molar-refractivity contribution < 1.29 is 22.4 Å². The van der Waals surface area contributed by atoms with Gasteiger partial charge in [-0.2, -0.15) is 13.2 Å². The van der Waals surface area contributed by atoms with E-state index >= 15 is 0 Å². The van der Waals surface area contributed by atoms with Gasteiger partial charge in [0.1, 0.15) is 12.1 Å². The van der Waals surface area contributed by atoms with Crippen LogP contribution in [0.4, 0.5) is 17.6 Å². The summed E-state index contributed by atoms with van der Waals surface area (Å²) in [6.45, 7) is 0. The summed E-state index contributed by atoms with van der Waals surface area (Å²) in [6, 6.07) is 5.46. The molecule has 0 bridgehead atoms. The maximum Gasteiger partial charge on any atom is 0.417 e. The summed E-state index contributed by atoms with van der Waals surface area (Å²) in [4.78, 5) is 14.2. The van der Waals surface area contributed by atoms with E-state index in [2.05, 4.69) is 4.98 Å². The summed E-state index contributed by atoms with van der Waals surface area (Å²) in [7, 11) is 0. The fourth-order valence-corrected chi connectivity index (χ4v) is 1.53. The zero-order valence-electron chi connectivity index (χ0n) is 9.41. The Balaban J connectivity index is 2.45. The Hall–Kier alpha value is -2.24. The van der Waals surface area contributed by atoms with Gasteiger partial charge in [0.05, 0.1) is 11.3 Å². The topological polar surface area (TPSA) is 30.0 Å². The van der Waals surface area contributed by atoms with E-state index < -0.39 is 17.6 Å². The molecule has 0 amide bonds. The average molecular weight is 269 g/mol. The van der Waals surface area contributed by atoms with E-state index in [1.165, 1.54) is 12.1 Å². The van der Waals surface area contributed by atoms with Gasteiger partial charge in [0.15, 0.2) is 0 Å². The standard InChI is InChI=1S/C13H7F4NO/c14-11-3-1-8(7-19)5-10(11)12-4-2-9(6-18-12)13(15,16)17/h1-7H. The monoisotopic (exact) mass is 269 g/mol. The minimum atomic E-state index is -4.49. The Labute approximate surface area is 105 Å². The van der Waals surface area contributed by atoms with Crippen molar-refractivity contribution in [1.29, 1.82) is 0 Å². The number of rotatable bonds is 2. The molecular formula is C13H7F4NO. The van der Waals surface area contributed by atoms with Gasteiger partial charge >= 0.3 is 6.18 Å². The summed E-state index contributed by atoms with van der Waals surface area (Å²) in [6.07, 6.45) is -3.34. The molecule has 0 aliphatic rings. The molecule has 6 heteroatoms. The first-order valence-corrected chi connectivity index (χ1v) is 5.20. The number of carbonyl (C=O) groups is 1. The maximum atomic E-state index is 13.5. The molecule has 0 unspecified atom stereocenters. The number of hydrogen-bond acceptors (Lipinski definition) is 2. The summed E-state index contributed by atoms with van der Waals surface area (Å²) in [5, 5.41) is 0. The minimum absolute atomic E-state index is 0.0154. The molecule has 0 saturated heterocycles. The van der Waals surface area contributed by atoms with E-state index in [0.29, 0.717) is 12.5 Å². The third kappa shape index (κ3) is 2.78. The second kappa shape index (κ2) is 4.79. The van der Waals surface area contributed by atoms with Crippen LogP contribution in [0.3, 0.4) is 0 Å². The van der Waals surface area contributed by atoms with Crippen LogP contribution in [0.25, 0.3) is 11.3 Å². The quantitative estimate of drug-likeness (QED) is 0.614. The Morgan fingerprint density at radius 3 is 2.37 bits per heavy atom. The van der Waals surface area contributed by atoms with Crippen LogP contribution < -0.4 is 0 Å². The first-order chi connectivity index (χ1) is 8.91. The lowest BCUT2D eigenvalue weighted by Gasteiger charge is -2.07. The van der Waals surface area contributed by atoms with Crippen molar-refractivity contribution in [2.75, 3.05) is 0 Å². The molecule has 0 aliphatic heterocycles. The molecule has 0 fully saturated rings. The number of alkyl halides is 3. The Morgan fingerprint density at radius 2 is 1.84 bits per heavy atom. The molecule has 1 aromatic heterocycles.